The van der Waals surface area contributed by atoms with E-state index in [1.165, 1.54) is 6.07 Å². The molecule has 1 atom stereocenters. The second-order valence-electron chi connectivity index (χ2n) is 4.97. The number of rotatable bonds is 4. The third-order valence-electron chi connectivity index (χ3n) is 3.34. The predicted molar refractivity (Wildman–Crippen MR) is 76.2 cm³/mol. The number of hydrogen-bond donors (Lipinski definition) is 2. The van der Waals surface area contributed by atoms with E-state index in [2.05, 4.69) is 10.6 Å². The van der Waals surface area contributed by atoms with E-state index in [0.29, 0.717) is 12.0 Å². The Kier molecular flexibility index (Phi) is 6.48. The summed E-state index contributed by atoms with van der Waals surface area (Å²) in [5.74, 6) is -0.137. The summed E-state index contributed by atoms with van der Waals surface area (Å²) in [4.78, 5) is 11.7. The van der Waals surface area contributed by atoms with Crippen molar-refractivity contribution in [3.63, 3.8) is 0 Å². The van der Waals surface area contributed by atoms with E-state index in [1.54, 1.807) is 6.07 Å². The first kappa shape index (κ1) is 17.8. The summed E-state index contributed by atoms with van der Waals surface area (Å²) in [5.41, 5.74) is -0.241. The SMILES string of the molecule is Cl.O=C(CC1CCCN1)NCc1cccc(C(F)(F)F)c1. The molecule has 0 spiro atoms. The number of benzene rings is 1. The molecule has 2 N–H and O–H groups in total. The molecule has 7 heteroatoms. The molecule has 0 radical (unpaired) electrons. The van der Waals surface area contributed by atoms with Crippen molar-refractivity contribution in [1.29, 1.82) is 0 Å². The van der Waals surface area contributed by atoms with Gasteiger partial charge in [0.05, 0.1) is 5.56 Å². The molecule has 1 saturated heterocycles. The van der Waals surface area contributed by atoms with E-state index >= 15 is 0 Å². The van der Waals surface area contributed by atoms with Crippen molar-refractivity contribution in [3.8, 4) is 0 Å². The van der Waals surface area contributed by atoms with Crippen LogP contribution in [0.3, 0.4) is 0 Å². The topological polar surface area (TPSA) is 41.1 Å². The average molecular weight is 323 g/mol. The Balaban J connectivity index is 0.00000220. The maximum absolute atomic E-state index is 12.5. The zero-order valence-corrected chi connectivity index (χ0v) is 12.2. The molecule has 1 amide bonds. The van der Waals surface area contributed by atoms with Crippen LogP contribution in [0.5, 0.6) is 0 Å². The Morgan fingerprint density at radius 3 is 2.76 bits per heavy atom. The molecular formula is C14H18ClF3N2O. The Hall–Kier alpha value is -1.27. The van der Waals surface area contributed by atoms with E-state index in [9.17, 15) is 18.0 Å². The van der Waals surface area contributed by atoms with Gasteiger partial charge < -0.3 is 10.6 Å². The maximum atomic E-state index is 12.5. The highest BCUT2D eigenvalue weighted by molar-refractivity contribution is 5.85. The standard InChI is InChI=1S/C14H17F3N2O.ClH/c15-14(16,17)11-4-1-3-10(7-11)9-19-13(20)8-12-5-2-6-18-12;/h1,3-4,7,12,18H,2,5-6,8-9H2,(H,19,20);1H. The number of nitrogens with one attached hydrogen (secondary N) is 2. The zero-order chi connectivity index (χ0) is 14.6. The van der Waals surface area contributed by atoms with Crippen LogP contribution < -0.4 is 10.6 Å². The number of amides is 1. The molecule has 1 aliphatic rings. The molecule has 1 aromatic carbocycles. The summed E-state index contributed by atoms with van der Waals surface area (Å²) < 4.78 is 37.6. The van der Waals surface area contributed by atoms with Gasteiger partial charge in [-0.05, 0) is 37.1 Å². The Morgan fingerprint density at radius 1 is 1.38 bits per heavy atom. The van der Waals surface area contributed by atoms with Crippen LogP contribution in [0.25, 0.3) is 0 Å². The minimum absolute atomic E-state index is 0. The van der Waals surface area contributed by atoms with Crippen LogP contribution in [0, 0.1) is 0 Å². The number of alkyl halides is 3. The fourth-order valence-electron chi connectivity index (χ4n) is 2.29. The first-order chi connectivity index (χ1) is 9.45. The lowest BCUT2D eigenvalue weighted by molar-refractivity contribution is -0.137. The van der Waals surface area contributed by atoms with E-state index in [-0.39, 0.29) is 30.9 Å². The molecule has 0 bridgehead atoms. The first-order valence-corrected chi connectivity index (χ1v) is 6.61. The van der Waals surface area contributed by atoms with E-state index in [0.717, 1.165) is 31.5 Å². The van der Waals surface area contributed by atoms with Crippen molar-refractivity contribution >= 4 is 18.3 Å². The number of carbonyl (C=O) groups excluding carboxylic acids is 1. The van der Waals surface area contributed by atoms with Crippen molar-refractivity contribution in [2.75, 3.05) is 6.54 Å². The second kappa shape index (κ2) is 7.66. The summed E-state index contributed by atoms with van der Waals surface area (Å²) in [6.07, 6.45) is -1.95. The van der Waals surface area contributed by atoms with E-state index in [1.807, 2.05) is 0 Å². The normalized spacial score (nSPS) is 18.1. The fraction of sp³-hybridized carbons (Fsp3) is 0.500. The molecule has 1 heterocycles. The predicted octanol–water partition coefficient (Wildman–Crippen LogP) is 2.89. The van der Waals surface area contributed by atoms with Gasteiger partial charge >= 0.3 is 6.18 Å². The third-order valence-corrected chi connectivity index (χ3v) is 3.34. The van der Waals surface area contributed by atoms with Gasteiger partial charge in [0.15, 0.2) is 0 Å². The van der Waals surface area contributed by atoms with Crippen LogP contribution in [0.1, 0.15) is 30.4 Å². The zero-order valence-electron chi connectivity index (χ0n) is 11.4. The molecule has 0 saturated carbocycles. The van der Waals surface area contributed by atoms with Crippen molar-refractivity contribution in [2.24, 2.45) is 0 Å². The quantitative estimate of drug-likeness (QED) is 0.895. The van der Waals surface area contributed by atoms with Crippen molar-refractivity contribution < 1.29 is 18.0 Å². The van der Waals surface area contributed by atoms with E-state index < -0.39 is 11.7 Å². The molecule has 0 aliphatic carbocycles. The van der Waals surface area contributed by atoms with Gasteiger partial charge in [0.1, 0.15) is 0 Å². The molecule has 2 rings (SSSR count). The largest absolute Gasteiger partial charge is 0.416 e. The number of hydrogen-bond acceptors (Lipinski definition) is 2. The monoisotopic (exact) mass is 322 g/mol. The summed E-state index contributed by atoms with van der Waals surface area (Å²) in [6.45, 7) is 1.04. The van der Waals surface area contributed by atoms with Crippen LogP contribution in [0.2, 0.25) is 0 Å². The molecule has 118 valence electrons. The smallest absolute Gasteiger partial charge is 0.352 e. The summed E-state index contributed by atoms with van der Waals surface area (Å²) in [6, 6.07) is 5.20. The molecule has 1 aliphatic heterocycles. The van der Waals surface area contributed by atoms with Gasteiger partial charge in [-0.2, -0.15) is 13.2 Å². The summed E-state index contributed by atoms with van der Waals surface area (Å²) in [7, 11) is 0. The minimum Gasteiger partial charge on any atom is -0.352 e. The Labute approximate surface area is 127 Å². The fourth-order valence-corrected chi connectivity index (χ4v) is 2.29. The third kappa shape index (κ3) is 5.55. The first-order valence-electron chi connectivity index (χ1n) is 6.61. The van der Waals surface area contributed by atoms with Crippen molar-refractivity contribution in [1.82, 2.24) is 10.6 Å². The van der Waals surface area contributed by atoms with Crippen molar-refractivity contribution in [3.05, 3.63) is 35.4 Å². The maximum Gasteiger partial charge on any atom is 0.416 e. The van der Waals surface area contributed by atoms with Gasteiger partial charge in [0, 0.05) is 19.0 Å². The van der Waals surface area contributed by atoms with Gasteiger partial charge in [0.25, 0.3) is 0 Å². The van der Waals surface area contributed by atoms with Gasteiger partial charge in [0.2, 0.25) is 5.91 Å². The summed E-state index contributed by atoms with van der Waals surface area (Å²) in [5, 5.41) is 5.86. The van der Waals surface area contributed by atoms with Crippen LogP contribution >= 0.6 is 12.4 Å². The second-order valence-corrected chi connectivity index (χ2v) is 4.97. The molecule has 0 aromatic heterocycles. The highest BCUT2D eigenvalue weighted by Crippen LogP contribution is 2.29. The van der Waals surface area contributed by atoms with Crippen LogP contribution in [-0.4, -0.2) is 18.5 Å². The lowest BCUT2D eigenvalue weighted by Gasteiger charge is -2.12. The average Bonchev–Trinajstić information content (AvgIpc) is 2.88. The molecule has 21 heavy (non-hydrogen) atoms. The molecule has 1 fully saturated rings. The van der Waals surface area contributed by atoms with Gasteiger partial charge in [-0.25, -0.2) is 0 Å². The van der Waals surface area contributed by atoms with Gasteiger partial charge in [-0.1, -0.05) is 12.1 Å². The van der Waals surface area contributed by atoms with Gasteiger partial charge in [-0.3, -0.25) is 4.79 Å². The number of carbonyl (C=O) groups is 1. The Bertz CT molecular complexity index is 474. The molecule has 1 unspecified atom stereocenters. The lowest BCUT2D eigenvalue weighted by atomic mass is 10.1. The van der Waals surface area contributed by atoms with Gasteiger partial charge in [-0.15, -0.1) is 12.4 Å². The van der Waals surface area contributed by atoms with Crippen LogP contribution in [0.15, 0.2) is 24.3 Å². The minimum atomic E-state index is -4.35. The van der Waals surface area contributed by atoms with Crippen molar-refractivity contribution in [2.45, 2.75) is 38.0 Å². The van der Waals surface area contributed by atoms with E-state index in [4.69, 9.17) is 0 Å². The van der Waals surface area contributed by atoms with Crippen LogP contribution in [0.4, 0.5) is 13.2 Å². The molecular weight excluding hydrogens is 305 g/mol. The summed E-state index contributed by atoms with van der Waals surface area (Å²) >= 11 is 0. The number of halogens is 4. The molecule has 1 aromatic rings. The highest BCUT2D eigenvalue weighted by atomic mass is 35.5. The lowest BCUT2D eigenvalue weighted by Crippen LogP contribution is -2.31. The highest BCUT2D eigenvalue weighted by Gasteiger charge is 2.30. The van der Waals surface area contributed by atoms with Crippen LogP contribution in [-0.2, 0) is 17.5 Å². The molecule has 3 nitrogen and oxygen atoms in total. The Morgan fingerprint density at radius 2 is 2.14 bits per heavy atom.